The quantitative estimate of drug-likeness (QED) is 0.336. The third-order valence-corrected chi connectivity index (χ3v) is 4.42. The highest BCUT2D eigenvalue weighted by molar-refractivity contribution is 6.02. The maximum Gasteiger partial charge on any atom is 0.304 e. The van der Waals surface area contributed by atoms with Crippen LogP contribution < -0.4 is 14.8 Å². The number of ether oxygens (including phenoxy) is 3. The first kappa shape index (κ1) is 20.9. The minimum absolute atomic E-state index is 0.144. The van der Waals surface area contributed by atoms with Crippen LogP contribution in [0.2, 0.25) is 0 Å². The van der Waals surface area contributed by atoms with Crippen LogP contribution in [0.4, 0.5) is 0 Å². The summed E-state index contributed by atoms with van der Waals surface area (Å²) in [5.74, 6) is 0.123. The number of nitrogens with one attached hydrogen (secondary N) is 1. The van der Waals surface area contributed by atoms with Crippen LogP contribution in [0.1, 0.15) is 22.8 Å². The molecule has 0 unspecified atom stereocenters. The summed E-state index contributed by atoms with van der Waals surface area (Å²) in [6.07, 6.45) is 1.32. The zero-order valence-electron chi connectivity index (χ0n) is 17.2. The van der Waals surface area contributed by atoms with E-state index in [4.69, 9.17) is 14.2 Å². The fourth-order valence-corrected chi connectivity index (χ4v) is 2.97. The van der Waals surface area contributed by atoms with Gasteiger partial charge in [0, 0.05) is 13.0 Å². The summed E-state index contributed by atoms with van der Waals surface area (Å²) in [4.78, 5) is 28.2. The first-order valence-electron chi connectivity index (χ1n) is 9.80. The minimum Gasteiger partial charge on any atom is -0.488 e. The number of carbonyl (C=O) groups excluding carboxylic acids is 2. The zero-order chi connectivity index (χ0) is 22.3. The van der Waals surface area contributed by atoms with Gasteiger partial charge < -0.3 is 19.5 Å². The van der Waals surface area contributed by atoms with Crippen LogP contribution in [0, 0.1) is 0 Å². The lowest BCUT2D eigenvalue weighted by molar-refractivity contribution is -0.141. The Bertz CT molecular complexity index is 1230. The average Bonchev–Trinajstić information content (AvgIpc) is 3.29. The van der Waals surface area contributed by atoms with Crippen LogP contribution in [-0.2, 0) is 16.1 Å². The summed E-state index contributed by atoms with van der Waals surface area (Å²) < 4.78 is 18.2. The van der Waals surface area contributed by atoms with Crippen molar-refractivity contribution in [2.45, 2.75) is 13.5 Å². The molecule has 2 aromatic heterocycles. The van der Waals surface area contributed by atoms with Crippen LogP contribution in [0.5, 0.6) is 17.4 Å². The second-order valence-electron chi connectivity index (χ2n) is 6.69. The van der Waals surface area contributed by atoms with Gasteiger partial charge in [0.25, 0.3) is 5.91 Å². The number of benzene rings is 2. The highest BCUT2D eigenvalue weighted by Gasteiger charge is 2.23. The van der Waals surface area contributed by atoms with Crippen molar-refractivity contribution < 1.29 is 23.8 Å². The Hall–Kier alpha value is -4.40. The molecular weight excluding hydrogens is 412 g/mol. The zero-order valence-corrected chi connectivity index (χ0v) is 17.2. The van der Waals surface area contributed by atoms with Crippen LogP contribution in [0.15, 0.2) is 73.1 Å². The number of rotatable bonds is 8. The molecule has 0 radical (unpaired) electrons. The molecule has 2 aromatic carbocycles. The molecule has 0 fully saturated rings. The van der Waals surface area contributed by atoms with Gasteiger partial charge in [-0.3, -0.25) is 9.59 Å². The van der Waals surface area contributed by atoms with Crippen LogP contribution in [0.25, 0.3) is 5.65 Å². The highest BCUT2D eigenvalue weighted by atomic mass is 16.5. The van der Waals surface area contributed by atoms with Crippen molar-refractivity contribution in [2.75, 3.05) is 6.73 Å². The lowest BCUT2D eigenvalue weighted by Crippen LogP contribution is -2.28. The van der Waals surface area contributed by atoms with Gasteiger partial charge in [0.15, 0.2) is 12.4 Å². The molecule has 2 heterocycles. The van der Waals surface area contributed by atoms with Gasteiger partial charge in [-0.2, -0.15) is 9.61 Å². The molecular formula is C23H20N4O5. The largest absolute Gasteiger partial charge is 0.488 e. The molecule has 1 N–H and O–H groups in total. The molecule has 0 aliphatic heterocycles. The van der Waals surface area contributed by atoms with E-state index < -0.39 is 11.9 Å². The third-order valence-electron chi connectivity index (χ3n) is 4.42. The number of pyridine rings is 1. The molecule has 0 bridgehead atoms. The number of para-hydroxylation sites is 1. The van der Waals surface area contributed by atoms with E-state index in [-0.39, 0.29) is 30.3 Å². The van der Waals surface area contributed by atoms with Gasteiger partial charge >= 0.3 is 5.97 Å². The van der Waals surface area contributed by atoms with Crippen molar-refractivity contribution >= 4 is 17.5 Å². The lowest BCUT2D eigenvalue weighted by Gasteiger charge is -2.15. The van der Waals surface area contributed by atoms with Crippen molar-refractivity contribution in [3.63, 3.8) is 0 Å². The average molecular weight is 432 g/mol. The van der Waals surface area contributed by atoms with Crippen LogP contribution >= 0.6 is 0 Å². The maximum atomic E-state index is 12.9. The van der Waals surface area contributed by atoms with E-state index in [9.17, 15) is 9.59 Å². The fourth-order valence-electron chi connectivity index (χ4n) is 2.97. The number of carbonyl (C=O) groups is 2. The Kier molecular flexibility index (Phi) is 6.26. The topological polar surface area (TPSA) is 104 Å². The van der Waals surface area contributed by atoms with E-state index in [0.717, 1.165) is 5.56 Å². The highest BCUT2D eigenvalue weighted by Crippen LogP contribution is 2.31. The molecule has 0 spiro atoms. The normalized spacial score (nSPS) is 10.5. The van der Waals surface area contributed by atoms with Crippen LogP contribution in [0.3, 0.4) is 0 Å². The second-order valence-corrected chi connectivity index (χ2v) is 6.69. The summed E-state index contributed by atoms with van der Waals surface area (Å²) >= 11 is 0. The predicted octanol–water partition coefficient (Wildman–Crippen LogP) is 3.35. The summed E-state index contributed by atoms with van der Waals surface area (Å²) in [7, 11) is 0. The first-order chi connectivity index (χ1) is 15.6. The summed E-state index contributed by atoms with van der Waals surface area (Å²) in [6.45, 7) is 1.20. The molecule has 4 rings (SSSR count). The molecule has 0 aliphatic carbocycles. The number of nitrogens with zero attached hydrogens (tertiary/aromatic N) is 3. The number of hydrogen-bond acceptors (Lipinski definition) is 7. The van der Waals surface area contributed by atoms with E-state index >= 15 is 0 Å². The number of amides is 1. The number of hydrogen-bond donors (Lipinski definition) is 1. The second kappa shape index (κ2) is 9.61. The number of aromatic nitrogens is 3. The standard InChI is InChI=1S/C23H20N4O5/c1-16(28)31-15-25-23(29)21-19(30-13-17-8-4-2-5-9-17)12-20(27-22(21)24-14-26-27)32-18-10-6-3-7-11-18/h2-12,14H,13,15H2,1H3,(H,25,29). The lowest BCUT2D eigenvalue weighted by atomic mass is 10.2. The summed E-state index contributed by atoms with van der Waals surface area (Å²) in [5.41, 5.74) is 1.30. The molecule has 32 heavy (non-hydrogen) atoms. The monoisotopic (exact) mass is 432 g/mol. The predicted molar refractivity (Wildman–Crippen MR) is 114 cm³/mol. The molecule has 0 saturated heterocycles. The van der Waals surface area contributed by atoms with Gasteiger partial charge in [0.05, 0.1) is 0 Å². The van der Waals surface area contributed by atoms with Crippen molar-refractivity contribution in [3.8, 4) is 17.4 Å². The molecule has 4 aromatic rings. The van der Waals surface area contributed by atoms with Crippen molar-refractivity contribution in [2.24, 2.45) is 0 Å². The Labute approximate surface area is 183 Å². The van der Waals surface area contributed by atoms with Crippen molar-refractivity contribution in [1.29, 1.82) is 0 Å². The van der Waals surface area contributed by atoms with E-state index in [1.54, 1.807) is 18.2 Å². The van der Waals surface area contributed by atoms with Gasteiger partial charge in [-0.05, 0) is 17.7 Å². The smallest absolute Gasteiger partial charge is 0.304 e. The molecule has 9 heteroatoms. The molecule has 9 nitrogen and oxygen atoms in total. The van der Waals surface area contributed by atoms with E-state index in [0.29, 0.717) is 11.6 Å². The van der Waals surface area contributed by atoms with E-state index in [2.05, 4.69) is 15.4 Å². The molecule has 162 valence electrons. The Morgan fingerprint density at radius 3 is 2.47 bits per heavy atom. The summed E-state index contributed by atoms with van der Waals surface area (Å²) in [5, 5.41) is 6.72. The molecule has 0 saturated carbocycles. The first-order valence-corrected chi connectivity index (χ1v) is 9.80. The maximum absolute atomic E-state index is 12.9. The molecule has 1 amide bonds. The van der Waals surface area contributed by atoms with E-state index in [1.807, 2.05) is 48.5 Å². The minimum atomic E-state index is -0.529. The van der Waals surface area contributed by atoms with Crippen molar-refractivity contribution in [3.05, 3.63) is 84.2 Å². The van der Waals surface area contributed by atoms with Crippen LogP contribution in [-0.4, -0.2) is 33.2 Å². The Morgan fingerprint density at radius 2 is 1.75 bits per heavy atom. The molecule has 0 aliphatic rings. The third kappa shape index (κ3) is 4.84. The molecule has 0 atom stereocenters. The fraction of sp³-hybridized carbons (Fsp3) is 0.130. The van der Waals surface area contributed by atoms with Gasteiger partial charge in [-0.15, -0.1) is 0 Å². The van der Waals surface area contributed by atoms with Gasteiger partial charge in [-0.1, -0.05) is 48.5 Å². The Morgan fingerprint density at radius 1 is 1.03 bits per heavy atom. The van der Waals surface area contributed by atoms with Crippen molar-refractivity contribution in [1.82, 2.24) is 19.9 Å². The number of esters is 1. The number of fused-ring (bicyclic) bond motifs is 1. The summed E-state index contributed by atoms with van der Waals surface area (Å²) in [6, 6.07) is 20.3. The van der Waals surface area contributed by atoms with Gasteiger partial charge in [0.1, 0.15) is 30.0 Å². The Balaban J connectivity index is 1.71. The van der Waals surface area contributed by atoms with Gasteiger partial charge in [-0.25, -0.2) is 4.98 Å². The van der Waals surface area contributed by atoms with E-state index in [1.165, 1.54) is 17.8 Å². The SMILES string of the molecule is CC(=O)OCNC(=O)c1c(OCc2ccccc2)cc(Oc2ccccc2)n2ncnc12. The van der Waals surface area contributed by atoms with Gasteiger partial charge in [0.2, 0.25) is 5.88 Å².